The van der Waals surface area contributed by atoms with Crippen LogP contribution in [0.2, 0.25) is 0 Å². The lowest BCUT2D eigenvalue weighted by molar-refractivity contribution is 0.411. The summed E-state index contributed by atoms with van der Waals surface area (Å²) >= 11 is 1.16. The monoisotopic (exact) mass is 405 g/mol. The summed E-state index contributed by atoms with van der Waals surface area (Å²) in [5, 5.41) is 8.83. The number of anilines is 1. The van der Waals surface area contributed by atoms with E-state index in [2.05, 4.69) is 14.9 Å². The highest BCUT2D eigenvalue weighted by Gasteiger charge is 2.21. The van der Waals surface area contributed by atoms with Crippen LogP contribution in [0, 0.1) is 13.8 Å². The number of hydrogen-bond acceptors (Lipinski definition) is 7. The molecule has 0 saturated heterocycles. The van der Waals surface area contributed by atoms with Crippen LogP contribution in [0.5, 0.6) is 11.5 Å². The average Bonchev–Trinajstić information content (AvgIpc) is 3.10. The maximum absolute atomic E-state index is 12.8. The quantitative estimate of drug-likeness (QED) is 0.673. The molecule has 0 aliphatic carbocycles. The van der Waals surface area contributed by atoms with Gasteiger partial charge in [0.25, 0.3) is 10.0 Å². The average molecular weight is 406 g/mol. The molecule has 27 heavy (non-hydrogen) atoms. The van der Waals surface area contributed by atoms with Gasteiger partial charge in [0.2, 0.25) is 5.13 Å². The van der Waals surface area contributed by atoms with Gasteiger partial charge in [0.1, 0.15) is 16.5 Å². The lowest BCUT2D eigenvalue weighted by Crippen LogP contribution is -2.14. The van der Waals surface area contributed by atoms with E-state index >= 15 is 0 Å². The van der Waals surface area contributed by atoms with Crippen molar-refractivity contribution in [1.29, 1.82) is 0 Å². The summed E-state index contributed by atoms with van der Waals surface area (Å²) in [6.07, 6.45) is 0. The molecule has 0 amide bonds. The Morgan fingerprint density at radius 2 is 1.67 bits per heavy atom. The van der Waals surface area contributed by atoms with E-state index < -0.39 is 10.0 Å². The minimum absolute atomic E-state index is 0.182. The highest BCUT2D eigenvalue weighted by molar-refractivity contribution is 7.93. The molecule has 0 unspecified atom stereocenters. The Bertz CT molecular complexity index is 1060. The molecule has 1 heterocycles. The first kappa shape index (κ1) is 19.1. The Morgan fingerprint density at radius 3 is 2.30 bits per heavy atom. The van der Waals surface area contributed by atoms with E-state index in [0.717, 1.165) is 28.2 Å². The van der Waals surface area contributed by atoms with Gasteiger partial charge in [-0.25, -0.2) is 8.42 Å². The fraction of sp³-hybridized carbons (Fsp3) is 0.222. The summed E-state index contributed by atoms with van der Waals surface area (Å²) in [4.78, 5) is 0.182. The molecule has 0 atom stereocenters. The second-order valence-electron chi connectivity index (χ2n) is 5.83. The summed E-state index contributed by atoms with van der Waals surface area (Å²) in [5.74, 6) is 1.37. The molecule has 7 nitrogen and oxygen atoms in total. The summed E-state index contributed by atoms with van der Waals surface area (Å²) < 4.78 is 38.4. The summed E-state index contributed by atoms with van der Waals surface area (Å²) in [7, 11) is -0.644. The second kappa shape index (κ2) is 7.53. The SMILES string of the molecule is COc1ccc(-c2nnc(NS(=O)(=O)c3cc(C)c(OC)cc3C)s2)cc1. The number of methoxy groups -OCH3 is 2. The van der Waals surface area contributed by atoms with Crippen molar-refractivity contribution in [1.82, 2.24) is 10.2 Å². The van der Waals surface area contributed by atoms with Crippen LogP contribution in [0.15, 0.2) is 41.3 Å². The third-order valence-corrected chi connectivity index (χ3v) is 6.46. The molecule has 1 N–H and O–H groups in total. The molecular weight excluding hydrogens is 386 g/mol. The molecule has 2 aromatic carbocycles. The van der Waals surface area contributed by atoms with E-state index in [4.69, 9.17) is 9.47 Å². The van der Waals surface area contributed by atoms with Gasteiger partial charge >= 0.3 is 0 Å². The Hall–Kier alpha value is -2.65. The number of sulfonamides is 1. The van der Waals surface area contributed by atoms with Gasteiger partial charge < -0.3 is 9.47 Å². The van der Waals surface area contributed by atoms with Crippen LogP contribution in [0.1, 0.15) is 11.1 Å². The first-order chi connectivity index (χ1) is 12.8. The second-order valence-corrected chi connectivity index (χ2v) is 8.46. The van der Waals surface area contributed by atoms with Crippen molar-refractivity contribution < 1.29 is 17.9 Å². The van der Waals surface area contributed by atoms with Gasteiger partial charge in [0.05, 0.1) is 19.1 Å². The summed E-state index contributed by atoms with van der Waals surface area (Å²) in [6, 6.07) is 10.6. The van der Waals surface area contributed by atoms with E-state index in [1.54, 1.807) is 40.2 Å². The zero-order valence-corrected chi connectivity index (χ0v) is 16.9. The smallest absolute Gasteiger partial charge is 0.263 e. The van der Waals surface area contributed by atoms with Crippen molar-refractivity contribution in [2.24, 2.45) is 0 Å². The summed E-state index contributed by atoms with van der Waals surface area (Å²) in [6.45, 7) is 3.52. The standard InChI is InChI=1S/C18H19N3O4S2/c1-11-10-16(12(2)9-15(11)25-4)27(22,23)21-18-20-19-17(26-18)13-5-7-14(24-3)8-6-13/h5-10H,1-4H3,(H,20,21). The third kappa shape index (κ3) is 4.04. The fourth-order valence-electron chi connectivity index (χ4n) is 2.56. The van der Waals surface area contributed by atoms with Crippen LogP contribution in [-0.2, 0) is 10.0 Å². The molecule has 0 bridgehead atoms. The Labute approximate surface area is 162 Å². The molecule has 3 rings (SSSR count). The summed E-state index contributed by atoms with van der Waals surface area (Å²) in [5.41, 5.74) is 2.15. The molecule has 142 valence electrons. The molecular formula is C18H19N3O4S2. The van der Waals surface area contributed by atoms with Crippen LogP contribution >= 0.6 is 11.3 Å². The molecule has 0 radical (unpaired) electrons. The number of ether oxygens (including phenoxy) is 2. The number of benzene rings is 2. The van der Waals surface area contributed by atoms with Gasteiger partial charge in [-0.1, -0.05) is 11.3 Å². The first-order valence-corrected chi connectivity index (χ1v) is 10.3. The van der Waals surface area contributed by atoms with Crippen molar-refractivity contribution in [3.63, 3.8) is 0 Å². The van der Waals surface area contributed by atoms with Crippen molar-refractivity contribution in [3.05, 3.63) is 47.5 Å². The number of hydrogen-bond donors (Lipinski definition) is 1. The highest BCUT2D eigenvalue weighted by Crippen LogP contribution is 2.31. The lowest BCUT2D eigenvalue weighted by Gasteiger charge is -2.12. The Morgan fingerprint density at radius 1 is 0.963 bits per heavy atom. The van der Waals surface area contributed by atoms with Gasteiger partial charge in [0, 0.05) is 5.56 Å². The number of nitrogens with zero attached hydrogens (tertiary/aromatic N) is 2. The van der Waals surface area contributed by atoms with Gasteiger partial charge in [-0.2, -0.15) is 0 Å². The fourth-order valence-corrected chi connectivity index (χ4v) is 4.85. The predicted molar refractivity (Wildman–Crippen MR) is 105 cm³/mol. The maximum Gasteiger partial charge on any atom is 0.263 e. The topological polar surface area (TPSA) is 90.4 Å². The highest BCUT2D eigenvalue weighted by atomic mass is 32.2. The maximum atomic E-state index is 12.8. The van der Waals surface area contributed by atoms with Crippen molar-refractivity contribution in [3.8, 4) is 22.1 Å². The Kier molecular flexibility index (Phi) is 5.33. The molecule has 0 aliphatic rings. The number of rotatable bonds is 6. The minimum Gasteiger partial charge on any atom is -0.497 e. The predicted octanol–water partition coefficient (Wildman–Crippen LogP) is 3.64. The van der Waals surface area contributed by atoms with Crippen LogP contribution in [0.3, 0.4) is 0 Å². The normalized spacial score (nSPS) is 11.3. The van der Waals surface area contributed by atoms with Gasteiger partial charge in [-0.15, -0.1) is 10.2 Å². The van der Waals surface area contributed by atoms with Crippen molar-refractivity contribution in [2.45, 2.75) is 18.7 Å². The first-order valence-electron chi connectivity index (χ1n) is 8.00. The van der Waals surface area contributed by atoms with E-state index in [9.17, 15) is 8.42 Å². The van der Waals surface area contributed by atoms with E-state index in [-0.39, 0.29) is 10.0 Å². The van der Waals surface area contributed by atoms with E-state index in [1.807, 2.05) is 24.3 Å². The number of nitrogens with one attached hydrogen (secondary N) is 1. The molecule has 0 fully saturated rings. The van der Waals surface area contributed by atoms with Crippen LogP contribution in [0.4, 0.5) is 5.13 Å². The third-order valence-electron chi connectivity index (χ3n) is 3.97. The molecule has 0 saturated carbocycles. The van der Waals surface area contributed by atoms with Crippen LogP contribution < -0.4 is 14.2 Å². The minimum atomic E-state index is -3.79. The number of aryl methyl sites for hydroxylation is 2. The molecule has 1 aromatic heterocycles. The number of aromatic nitrogens is 2. The van der Waals surface area contributed by atoms with Crippen molar-refractivity contribution >= 4 is 26.5 Å². The largest absolute Gasteiger partial charge is 0.497 e. The molecule has 3 aromatic rings. The van der Waals surface area contributed by atoms with Crippen LogP contribution in [0.25, 0.3) is 10.6 Å². The lowest BCUT2D eigenvalue weighted by atomic mass is 10.1. The van der Waals surface area contributed by atoms with Crippen LogP contribution in [-0.4, -0.2) is 32.8 Å². The van der Waals surface area contributed by atoms with Gasteiger partial charge in [-0.05, 0) is 61.4 Å². The van der Waals surface area contributed by atoms with Crippen molar-refractivity contribution in [2.75, 3.05) is 18.9 Å². The molecule has 0 aliphatic heterocycles. The molecule has 0 spiro atoms. The Balaban J connectivity index is 1.86. The van der Waals surface area contributed by atoms with Gasteiger partial charge in [0.15, 0.2) is 0 Å². The van der Waals surface area contributed by atoms with Gasteiger partial charge in [-0.3, -0.25) is 4.72 Å². The van der Waals surface area contributed by atoms with E-state index in [0.29, 0.717) is 16.3 Å². The van der Waals surface area contributed by atoms with E-state index in [1.165, 1.54) is 0 Å². The molecule has 9 heteroatoms. The zero-order chi connectivity index (χ0) is 19.6. The zero-order valence-electron chi connectivity index (χ0n) is 15.3.